The van der Waals surface area contributed by atoms with Gasteiger partial charge in [-0.1, -0.05) is 30.0 Å². The van der Waals surface area contributed by atoms with E-state index in [9.17, 15) is 4.79 Å². The number of hydrogen-bond donors (Lipinski definition) is 1. The van der Waals surface area contributed by atoms with Crippen molar-refractivity contribution in [2.45, 2.75) is 30.2 Å². The Labute approximate surface area is 131 Å². The van der Waals surface area contributed by atoms with Gasteiger partial charge >= 0.3 is 5.97 Å². The molecule has 4 nitrogen and oxygen atoms in total. The molecule has 1 unspecified atom stereocenters. The van der Waals surface area contributed by atoms with Crippen LogP contribution in [0.1, 0.15) is 16.1 Å². The molecule has 1 aromatic carbocycles. The van der Waals surface area contributed by atoms with E-state index < -0.39 is 5.97 Å². The summed E-state index contributed by atoms with van der Waals surface area (Å²) in [5.74, 6) is 0.992. The van der Waals surface area contributed by atoms with Crippen molar-refractivity contribution in [2.75, 3.05) is 5.75 Å². The second kappa shape index (κ2) is 6.07. The number of hydrogen-bond acceptors (Lipinski definition) is 5. The standard InChI is InChI=1S/C15H15NO3S2/c1-9-13(7-14(17)18)21-15(16-9)20-8-11-6-10-4-2-3-5-12(10)19-11/h2-5,11H,6-8H2,1H3,(H,17,18). The molecule has 3 rings (SSSR count). The van der Waals surface area contributed by atoms with Crippen LogP contribution >= 0.6 is 23.1 Å². The number of aryl methyl sites for hydroxylation is 1. The average Bonchev–Trinajstić information content (AvgIpc) is 2.99. The van der Waals surface area contributed by atoms with Crippen LogP contribution in [-0.2, 0) is 17.6 Å². The maximum absolute atomic E-state index is 10.8. The largest absolute Gasteiger partial charge is 0.489 e. The number of aromatic nitrogens is 1. The minimum absolute atomic E-state index is 0.0510. The quantitative estimate of drug-likeness (QED) is 0.857. The Balaban J connectivity index is 1.58. The fourth-order valence-electron chi connectivity index (χ4n) is 2.28. The third-order valence-electron chi connectivity index (χ3n) is 3.29. The van der Waals surface area contributed by atoms with E-state index in [1.807, 2.05) is 25.1 Å². The van der Waals surface area contributed by atoms with E-state index in [2.05, 4.69) is 11.1 Å². The molecule has 2 heterocycles. The number of carbonyl (C=O) groups is 1. The molecule has 0 amide bonds. The molecule has 110 valence electrons. The summed E-state index contributed by atoms with van der Waals surface area (Å²) in [5.41, 5.74) is 2.07. The molecule has 1 N–H and O–H groups in total. The van der Waals surface area contributed by atoms with Crippen LogP contribution in [0.2, 0.25) is 0 Å². The molecular formula is C15H15NO3S2. The number of thioether (sulfide) groups is 1. The zero-order valence-corrected chi connectivity index (χ0v) is 13.2. The summed E-state index contributed by atoms with van der Waals surface area (Å²) in [6.07, 6.45) is 1.14. The van der Waals surface area contributed by atoms with E-state index in [1.165, 1.54) is 16.9 Å². The van der Waals surface area contributed by atoms with E-state index in [0.29, 0.717) is 0 Å². The summed E-state index contributed by atoms with van der Waals surface area (Å²) in [6, 6.07) is 8.10. The first-order valence-electron chi connectivity index (χ1n) is 6.67. The highest BCUT2D eigenvalue weighted by Crippen LogP contribution is 2.33. The second-order valence-electron chi connectivity index (χ2n) is 4.92. The lowest BCUT2D eigenvalue weighted by atomic mass is 10.1. The van der Waals surface area contributed by atoms with Gasteiger partial charge in [-0.15, -0.1) is 11.3 Å². The van der Waals surface area contributed by atoms with Gasteiger partial charge in [-0.25, -0.2) is 4.98 Å². The fraction of sp³-hybridized carbons (Fsp3) is 0.333. The van der Waals surface area contributed by atoms with Gasteiger partial charge in [0.1, 0.15) is 11.9 Å². The van der Waals surface area contributed by atoms with Crippen LogP contribution in [0, 0.1) is 6.92 Å². The zero-order chi connectivity index (χ0) is 14.8. The number of rotatable bonds is 5. The number of nitrogens with zero attached hydrogens (tertiary/aromatic N) is 1. The number of thiazole rings is 1. The molecule has 0 radical (unpaired) electrons. The molecule has 0 aliphatic carbocycles. The highest BCUT2D eigenvalue weighted by molar-refractivity contribution is 8.01. The lowest BCUT2D eigenvalue weighted by Crippen LogP contribution is -2.15. The molecule has 0 spiro atoms. The normalized spacial score (nSPS) is 16.5. The molecule has 21 heavy (non-hydrogen) atoms. The van der Waals surface area contributed by atoms with Crippen molar-refractivity contribution in [3.63, 3.8) is 0 Å². The van der Waals surface area contributed by atoms with Crippen LogP contribution in [0.4, 0.5) is 0 Å². The molecule has 0 saturated heterocycles. The van der Waals surface area contributed by atoms with Crippen molar-refractivity contribution < 1.29 is 14.6 Å². The van der Waals surface area contributed by atoms with Crippen molar-refractivity contribution in [2.24, 2.45) is 0 Å². The van der Waals surface area contributed by atoms with Crippen molar-refractivity contribution in [3.05, 3.63) is 40.4 Å². The van der Waals surface area contributed by atoms with Gasteiger partial charge in [-0.05, 0) is 18.6 Å². The smallest absolute Gasteiger partial charge is 0.308 e. The molecule has 0 bridgehead atoms. The molecule has 0 fully saturated rings. The molecule has 1 aromatic heterocycles. The topological polar surface area (TPSA) is 59.4 Å². The van der Waals surface area contributed by atoms with Crippen molar-refractivity contribution in [3.8, 4) is 5.75 Å². The van der Waals surface area contributed by atoms with Crippen LogP contribution in [0.3, 0.4) is 0 Å². The predicted molar refractivity (Wildman–Crippen MR) is 83.5 cm³/mol. The maximum Gasteiger partial charge on any atom is 0.308 e. The molecule has 1 atom stereocenters. The number of fused-ring (bicyclic) bond motifs is 1. The van der Waals surface area contributed by atoms with Crippen molar-refractivity contribution in [1.82, 2.24) is 4.98 Å². The Bertz CT molecular complexity index is 644. The first-order chi connectivity index (χ1) is 10.1. The number of aliphatic carboxylic acids is 1. The molecule has 0 saturated carbocycles. The number of ether oxygens (including phenoxy) is 1. The monoisotopic (exact) mass is 321 g/mol. The van der Waals surface area contributed by atoms with Crippen molar-refractivity contribution >= 4 is 29.1 Å². The number of carboxylic acids is 1. The zero-order valence-electron chi connectivity index (χ0n) is 11.5. The van der Waals surface area contributed by atoms with Gasteiger partial charge in [0.25, 0.3) is 0 Å². The van der Waals surface area contributed by atoms with Gasteiger partial charge in [-0.2, -0.15) is 0 Å². The molecule has 1 aliphatic heterocycles. The maximum atomic E-state index is 10.8. The van der Waals surface area contributed by atoms with Gasteiger partial charge in [-0.3, -0.25) is 4.79 Å². The average molecular weight is 321 g/mol. The van der Waals surface area contributed by atoms with Gasteiger partial charge in [0.15, 0.2) is 4.34 Å². The Morgan fingerprint density at radius 1 is 1.52 bits per heavy atom. The van der Waals surface area contributed by atoms with E-state index in [1.54, 1.807) is 11.8 Å². The highest BCUT2D eigenvalue weighted by Gasteiger charge is 2.23. The minimum atomic E-state index is -0.812. The predicted octanol–water partition coefficient (Wildman–Crippen LogP) is 3.17. The summed E-state index contributed by atoms with van der Waals surface area (Å²) in [4.78, 5) is 16.0. The van der Waals surface area contributed by atoms with Crippen LogP contribution in [-0.4, -0.2) is 27.9 Å². The van der Waals surface area contributed by atoms with Gasteiger partial charge < -0.3 is 9.84 Å². The third kappa shape index (κ3) is 3.39. The highest BCUT2D eigenvalue weighted by atomic mass is 32.2. The third-order valence-corrected chi connectivity index (χ3v) is 5.72. The number of carboxylic acid groups (broad SMARTS) is 1. The van der Waals surface area contributed by atoms with E-state index in [0.717, 1.165) is 32.8 Å². The van der Waals surface area contributed by atoms with E-state index >= 15 is 0 Å². The second-order valence-corrected chi connectivity index (χ2v) is 7.27. The minimum Gasteiger partial charge on any atom is -0.489 e. The summed E-state index contributed by atoms with van der Waals surface area (Å²) in [5, 5.41) is 8.86. The first-order valence-corrected chi connectivity index (χ1v) is 8.47. The Morgan fingerprint density at radius 3 is 3.10 bits per heavy atom. The molecule has 2 aromatic rings. The fourth-order valence-corrected chi connectivity index (χ4v) is 4.52. The Morgan fingerprint density at radius 2 is 2.33 bits per heavy atom. The molecule has 6 heteroatoms. The summed E-state index contributed by atoms with van der Waals surface area (Å²) in [7, 11) is 0. The van der Waals surface area contributed by atoms with Gasteiger partial charge in [0, 0.05) is 17.1 Å². The van der Waals surface area contributed by atoms with Crippen molar-refractivity contribution in [1.29, 1.82) is 0 Å². The molecular weight excluding hydrogens is 306 g/mol. The first kappa shape index (κ1) is 14.4. The van der Waals surface area contributed by atoms with Crippen LogP contribution < -0.4 is 4.74 Å². The Hall–Kier alpha value is -1.53. The van der Waals surface area contributed by atoms with Crippen LogP contribution in [0.5, 0.6) is 5.75 Å². The molecule has 1 aliphatic rings. The lowest BCUT2D eigenvalue weighted by Gasteiger charge is -2.08. The Kier molecular flexibility index (Phi) is 4.17. The summed E-state index contributed by atoms with van der Waals surface area (Å²) in [6.45, 7) is 1.86. The lowest BCUT2D eigenvalue weighted by molar-refractivity contribution is -0.136. The van der Waals surface area contributed by atoms with Gasteiger partial charge in [0.05, 0.1) is 12.1 Å². The van der Waals surface area contributed by atoms with Crippen LogP contribution in [0.25, 0.3) is 0 Å². The number of benzene rings is 1. The summed E-state index contributed by atoms with van der Waals surface area (Å²) >= 11 is 3.11. The van der Waals surface area contributed by atoms with E-state index in [-0.39, 0.29) is 12.5 Å². The van der Waals surface area contributed by atoms with Gasteiger partial charge in [0.2, 0.25) is 0 Å². The van der Waals surface area contributed by atoms with E-state index in [4.69, 9.17) is 9.84 Å². The number of para-hydroxylation sites is 1. The summed E-state index contributed by atoms with van der Waals surface area (Å²) < 4.78 is 6.81. The SMILES string of the molecule is Cc1nc(SCC2Cc3ccccc3O2)sc1CC(=O)O. The van der Waals surface area contributed by atoms with Crippen LogP contribution in [0.15, 0.2) is 28.6 Å².